The van der Waals surface area contributed by atoms with E-state index in [4.69, 9.17) is 12.2 Å². The van der Waals surface area contributed by atoms with Crippen LogP contribution in [0.3, 0.4) is 0 Å². The second kappa shape index (κ2) is 5.25. The number of pyridine rings is 1. The molecule has 0 spiro atoms. The Morgan fingerprint density at radius 3 is 2.75 bits per heavy atom. The van der Waals surface area contributed by atoms with Gasteiger partial charge in [0.15, 0.2) is 5.11 Å². The first-order chi connectivity index (χ1) is 7.79. The lowest BCUT2D eigenvalue weighted by Crippen LogP contribution is -2.40. The first-order valence-corrected chi connectivity index (χ1v) is 6.14. The minimum atomic E-state index is 0.624. The van der Waals surface area contributed by atoms with Gasteiger partial charge < -0.3 is 10.2 Å². The number of nitrogens with zero attached hydrogens (tertiary/aromatic N) is 2. The molecule has 1 aromatic rings. The van der Waals surface area contributed by atoms with Gasteiger partial charge in [-0.25, -0.2) is 0 Å². The van der Waals surface area contributed by atoms with Gasteiger partial charge in [-0.15, -0.1) is 0 Å². The van der Waals surface area contributed by atoms with Crippen LogP contribution < -0.4 is 5.32 Å². The maximum atomic E-state index is 5.39. The van der Waals surface area contributed by atoms with Gasteiger partial charge in [-0.2, -0.15) is 0 Å². The highest BCUT2D eigenvalue weighted by molar-refractivity contribution is 7.80. The van der Waals surface area contributed by atoms with Crippen LogP contribution in [0, 0.1) is 0 Å². The van der Waals surface area contributed by atoms with Crippen LogP contribution in [0.2, 0.25) is 0 Å². The molecule has 1 aliphatic rings. The Kier molecular flexibility index (Phi) is 3.72. The van der Waals surface area contributed by atoms with E-state index >= 15 is 0 Å². The third kappa shape index (κ3) is 3.17. The van der Waals surface area contributed by atoms with Crippen LogP contribution in [0.5, 0.6) is 0 Å². The van der Waals surface area contributed by atoms with Crippen LogP contribution in [-0.2, 0) is 6.54 Å². The van der Waals surface area contributed by atoms with E-state index in [9.17, 15) is 0 Å². The molecule has 1 aromatic heterocycles. The molecule has 3 nitrogen and oxygen atoms in total. The van der Waals surface area contributed by atoms with Crippen molar-refractivity contribution in [1.29, 1.82) is 0 Å². The lowest BCUT2D eigenvalue weighted by atomic mass is 10.2. The summed E-state index contributed by atoms with van der Waals surface area (Å²) in [5, 5.41) is 4.24. The summed E-state index contributed by atoms with van der Waals surface area (Å²) in [6.07, 6.45) is 6.15. The molecule has 1 heterocycles. The summed E-state index contributed by atoms with van der Waals surface area (Å²) in [4.78, 5) is 6.20. The van der Waals surface area contributed by atoms with Gasteiger partial charge in [0.25, 0.3) is 0 Å². The molecule has 2 rings (SSSR count). The van der Waals surface area contributed by atoms with Gasteiger partial charge in [0.1, 0.15) is 0 Å². The minimum Gasteiger partial charge on any atom is -0.360 e. The number of hydrogen-bond acceptors (Lipinski definition) is 2. The second-order valence-corrected chi connectivity index (χ2v) is 4.48. The predicted molar refractivity (Wildman–Crippen MR) is 69.1 cm³/mol. The Hall–Kier alpha value is -1.16. The highest BCUT2D eigenvalue weighted by Gasteiger charge is 2.23. The van der Waals surface area contributed by atoms with Crippen LogP contribution >= 0.6 is 12.2 Å². The molecule has 1 fully saturated rings. The van der Waals surface area contributed by atoms with E-state index < -0.39 is 0 Å². The summed E-state index contributed by atoms with van der Waals surface area (Å²) in [5.41, 5.74) is 1.25. The number of hydrogen-bond donors (Lipinski definition) is 1. The fourth-order valence-corrected chi connectivity index (χ4v) is 1.89. The molecule has 0 radical (unpaired) electrons. The van der Waals surface area contributed by atoms with Crippen LogP contribution in [0.25, 0.3) is 0 Å². The molecule has 1 saturated carbocycles. The predicted octanol–water partition coefficient (Wildman–Crippen LogP) is 1.94. The maximum absolute atomic E-state index is 5.39. The van der Waals surface area contributed by atoms with Crippen molar-refractivity contribution in [2.75, 3.05) is 6.54 Å². The Morgan fingerprint density at radius 2 is 2.19 bits per heavy atom. The third-order valence-electron chi connectivity index (χ3n) is 2.70. The zero-order chi connectivity index (χ0) is 11.4. The summed E-state index contributed by atoms with van der Waals surface area (Å²) >= 11 is 5.39. The largest absolute Gasteiger partial charge is 0.360 e. The van der Waals surface area contributed by atoms with Crippen molar-refractivity contribution < 1.29 is 0 Å². The van der Waals surface area contributed by atoms with Gasteiger partial charge in [0, 0.05) is 31.5 Å². The molecular weight excluding hydrogens is 218 g/mol. The summed E-state index contributed by atoms with van der Waals surface area (Å²) in [7, 11) is 0. The number of rotatable bonds is 4. The van der Waals surface area contributed by atoms with E-state index in [0.717, 1.165) is 18.2 Å². The molecule has 16 heavy (non-hydrogen) atoms. The van der Waals surface area contributed by atoms with E-state index in [0.29, 0.717) is 6.04 Å². The van der Waals surface area contributed by atoms with E-state index in [1.54, 1.807) is 0 Å². The first kappa shape index (κ1) is 11.3. The molecule has 86 valence electrons. The van der Waals surface area contributed by atoms with Gasteiger partial charge in [-0.1, -0.05) is 0 Å². The average molecular weight is 235 g/mol. The lowest BCUT2D eigenvalue weighted by molar-refractivity contribution is 0.426. The standard InChI is InChI=1S/C12H17N3S/c1-2-15(12(16)14-11-3-4-11)9-10-5-7-13-8-6-10/h5-8,11H,2-4,9H2,1H3,(H,14,16). The third-order valence-corrected chi connectivity index (χ3v) is 3.07. The average Bonchev–Trinajstić information content (AvgIpc) is 3.11. The molecule has 0 aromatic carbocycles. The van der Waals surface area contributed by atoms with Crippen molar-refractivity contribution in [3.05, 3.63) is 30.1 Å². The molecule has 1 aliphatic carbocycles. The Bertz CT molecular complexity index is 349. The summed E-state index contributed by atoms with van der Waals surface area (Å²) in [5.74, 6) is 0. The van der Waals surface area contributed by atoms with Crippen molar-refractivity contribution >= 4 is 17.3 Å². The topological polar surface area (TPSA) is 28.2 Å². The number of aromatic nitrogens is 1. The molecule has 0 aliphatic heterocycles. The molecule has 0 atom stereocenters. The molecule has 0 bridgehead atoms. The normalized spacial score (nSPS) is 14.6. The fraction of sp³-hybridized carbons (Fsp3) is 0.500. The van der Waals surface area contributed by atoms with Gasteiger partial charge >= 0.3 is 0 Å². The Morgan fingerprint density at radius 1 is 1.50 bits per heavy atom. The van der Waals surface area contributed by atoms with Gasteiger partial charge in [-0.05, 0) is 49.7 Å². The van der Waals surface area contributed by atoms with Gasteiger partial charge in [0.2, 0.25) is 0 Å². The monoisotopic (exact) mass is 235 g/mol. The number of nitrogens with one attached hydrogen (secondary N) is 1. The zero-order valence-electron chi connectivity index (χ0n) is 9.52. The van der Waals surface area contributed by atoms with Crippen LogP contribution in [0.15, 0.2) is 24.5 Å². The van der Waals surface area contributed by atoms with Crippen LogP contribution in [-0.4, -0.2) is 27.6 Å². The number of thiocarbonyl (C=S) groups is 1. The SMILES string of the molecule is CCN(Cc1ccncc1)C(=S)NC1CC1. The van der Waals surface area contributed by atoms with Crippen molar-refractivity contribution in [2.45, 2.75) is 32.4 Å². The van der Waals surface area contributed by atoms with Crippen molar-refractivity contribution in [1.82, 2.24) is 15.2 Å². The van der Waals surface area contributed by atoms with Gasteiger partial charge in [-0.3, -0.25) is 4.98 Å². The minimum absolute atomic E-state index is 0.624. The quantitative estimate of drug-likeness (QED) is 0.807. The highest BCUT2D eigenvalue weighted by Crippen LogP contribution is 2.19. The molecule has 0 saturated heterocycles. The summed E-state index contributed by atoms with van der Waals surface area (Å²) < 4.78 is 0. The fourth-order valence-electron chi connectivity index (χ4n) is 1.53. The van der Waals surface area contributed by atoms with E-state index in [-0.39, 0.29) is 0 Å². The van der Waals surface area contributed by atoms with E-state index in [2.05, 4.69) is 22.1 Å². The van der Waals surface area contributed by atoms with Crippen molar-refractivity contribution in [3.63, 3.8) is 0 Å². The smallest absolute Gasteiger partial charge is 0.169 e. The Labute approximate surface area is 102 Å². The molecular formula is C12H17N3S. The van der Waals surface area contributed by atoms with Crippen LogP contribution in [0.4, 0.5) is 0 Å². The zero-order valence-corrected chi connectivity index (χ0v) is 10.3. The molecule has 0 amide bonds. The summed E-state index contributed by atoms with van der Waals surface area (Å²) in [6.45, 7) is 3.92. The van der Waals surface area contributed by atoms with Crippen LogP contribution in [0.1, 0.15) is 25.3 Å². The molecule has 1 N–H and O–H groups in total. The first-order valence-electron chi connectivity index (χ1n) is 5.74. The second-order valence-electron chi connectivity index (χ2n) is 4.09. The van der Waals surface area contributed by atoms with Gasteiger partial charge in [0.05, 0.1) is 0 Å². The van der Waals surface area contributed by atoms with E-state index in [1.165, 1.54) is 18.4 Å². The van der Waals surface area contributed by atoms with Crippen molar-refractivity contribution in [3.8, 4) is 0 Å². The highest BCUT2D eigenvalue weighted by atomic mass is 32.1. The lowest BCUT2D eigenvalue weighted by Gasteiger charge is -2.24. The maximum Gasteiger partial charge on any atom is 0.169 e. The van der Waals surface area contributed by atoms with E-state index in [1.807, 2.05) is 24.5 Å². The molecule has 0 unspecified atom stereocenters. The Balaban J connectivity index is 1.91. The van der Waals surface area contributed by atoms with Crippen molar-refractivity contribution in [2.24, 2.45) is 0 Å². The molecule has 4 heteroatoms. The summed E-state index contributed by atoms with van der Waals surface area (Å²) in [6, 6.07) is 4.68.